The number of benzene rings is 1. The van der Waals surface area contributed by atoms with Crippen molar-refractivity contribution < 1.29 is 4.79 Å². The molecule has 0 spiro atoms. The average Bonchev–Trinajstić information content (AvgIpc) is 2.22. The Kier molecular flexibility index (Phi) is 3.42. The van der Waals surface area contributed by atoms with Crippen molar-refractivity contribution in [1.82, 2.24) is 0 Å². The van der Waals surface area contributed by atoms with Gasteiger partial charge < -0.3 is 0 Å². The van der Waals surface area contributed by atoms with E-state index in [-0.39, 0.29) is 5.92 Å². The summed E-state index contributed by atoms with van der Waals surface area (Å²) < 4.78 is 0. The van der Waals surface area contributed by atoms with Crippen LogP contribution >= 0.6 is 11.6 Å². The van der Waals surface area contributed by atoms with Gasteiger partial charge in [0.15, 0.2) is 0 Å². The Labute approximate surface area is 95.4 Å². The second kappa shape index (κ2) is 4.80. The van der Waals surface area contributed by atoms with Crippen molar-refractivity contribution in [1.29, 1.82) is 0 Å². The molecule has 0 amide bonds. The van der Waals surface area contributed by atoms with Gasteiger partial charge in [0, 0.05) is 17.4 Å². The molecular formula is C13H15ClO. The summed E-state index contributed by atoms with van der Waals surface area (Å²) in [5.41, 5.74) is 1.18. The minimum absolute atomic E-state index is 0.234. The van der Waals surface area contributed by atoms with Gasteiger partial charge >= 0.3 is 0 Å². The SMILES string of the molecule is O=C1CCCCC1Cc1cccc(Cl)c1. The molecule has 1 fully saturated rings. The Hall–Kier alpha value is -0.820. The molecule has 1 aromatic rings. The average molecular weight is 223 g/mol. The normalized spacial score (nSPS) is 21.7. The van der Waals surface area contributed by atoms with Crippen LogP contribution in [0.15, 0.2) is 24.3 Å². The van der Waals surface area contributed by atoms with Crippen molar-refractivity contribution >= 4 is 17.4 Å². The molecule has 0 radical (unpaired) electrons. The fourth-order valence-electron chi connectivity index (χ4n) is 2.22. The first-order valence-electron chi connectivity index (χ1n) is 5.53. The van der Waals surface area contributed by atoms with Crippen molar-refractivity contribution in [2.24, 2.45) is 5.92 Å². The molecule has 1 aromatic carbocycles. The summed E-state index contributed by atoms with van der Waals surface area (Å²) in [5.74, 6) is 0.665. The van der Waals surface area contributed by atoms with Crippen LogP contribution in [0.25, 0.3) is 0 Å². The van der Waals surface area contributed by atoms with Gasteiger partial charge in [0.05, 0.1) is 0 Å². The summed E-state index contributed by atoms with van der Waals surface area (Å²) in [6.07, 6.45) is 4.94. The molecule has 2 heteroatoms. The zero-order chi connectivity index (χ0) is 10.7. The van der Waals surface area contributed by atoms with Crippen LogP contribution in [-0.2, 0) is 11.2 Å². The third kappa shape index (κ3) is 2.82. The highest BCUT2D eigenvalue weighted by Gasteiger charge is 2.22. The number of hydrogen-bond donors (Lipinski definition) is 0. The van der Waals surface area contributed by atoms with Gasteiger partial charge in [-0.3, -0.25) is 4.79 Å². The number of Topliss-reactive ketones (excluding diaryl/α,β-unsaturated/α-hetero) is 1. The summed E-state index contributed by atoms with van der Waals surface area (Å²) >= 11 is 5.91. The lowest BCUT2D eigenvalue weighted by Gasteiger charge is -2.20. The highest BCUT2D eigenvalue weighted by molar-refractivity contribution is 6.30. The fraction of sp³-hybridized carbons (Fsp3) is 0.462. The second-order valence-corrected chi connectivity index (χ2v) is 4.68. The van der Waals surface area contributed by atoms with Crippen molar-refractivity contribution in [2.75, 3.05) is 0 Å². The summed E-state index contributed by atoms with van der Waals surface area (Å²) in [4.78, 5) is 11.7. The second-order valence-electron chi connectivity index (χ2n) is 4.24. The molecule has 1 atom stereocenters. The maximum absolute atomic E-state index is 11.7. The summed E-state index contributed by atoms with van der Waals surface area (Å²) in [7, 11) is 0. The van der Waals surface area contributed by atoms with E-state index >= 15 is 0 Å². The fourth-order valence-corrected chi connectivity index (χ4v) is 2.43. The Morgan fingerprint density at radius 3 is 2.93 bits per heavy atom. The van der Waals surface area contributed by atoms with Crippen LogP contribution in [0, 0.1) is 5.92 Å². The maximum Gasteiger partial charge on any atom is 0.136 e. The number of halogens is 1. The van der Waals surface area contributed by atoms with Crippen LogP contribution < -0.4 is 0 Å². The molecule has 1 nitrogen and oxygen atoms in total. The number of rotatable bonds is 2. The van der Waals surface area contributed by atoms with Crippen molar-refractivity contribution in [3.8, 4) is 0 Å². The predicted molar refractivity (Wildman–Crippen MR) is 62.1 cm³/mol. The van der Waals surface area contributed by atoms with Gasteiger partial charge in [0.25, 0.3) is 0 Å². The van der Waals surface area contributed by atoms with E-state index in [1.807, 2.05) is 24.3 Å². The molecule has 2 rings (SSSR count). The standard InChI is InChI=1S/C13H15ClO/c14-12-6-3-4-10(9-12)8-11-5-1-2-7-13(11)15/h3-4,6,9,11H,1-2,5,7-8H2. The molecule has 1 unspecified atom stereocenters. The number of carbonyl (C=O) groups is 1. The van der Waals surface area contributed by atoms with Gasteiger partial charge in [0.1, 0.15) is 5.78 Å². The van der Waals surface area contributed by atoms with E-state index in [1.54, 1.807) is 0 Å². The lowest BCUT2D eigenvalue weighted by molar-refractivity contribution is -0.124. The molecule has 80 valence electrons. The first kappa shape index (κ1) is 10.7. The third-order valence-electron chi connectivity index (χ3n) is 3.05. The van der Waals surface area contributed by atoms with E-state index in [0.717, 1.165) is 30.7 Å². The van der Waals surface area contributed by atoms with Crippen molar-refractivity contribution in [3.05, 3.63) is 34.9 Å². The molecule has 0 bridgehead atoms. The van der Waals surface area contributed by atoms with Crippen LogP contribution in [-0.4, -0.2) is 5.78 Å². The molecule has 0 heterocycles. The Morgan fingerprint density at radius 2 is 2.20 bits per heavy atom. The van der Waals surface area contributed by atoms with Gasteiger partial charge in [-0.05, 0) is 37.0 Å². The number of carbonyl (C=O) groups excluding carboxylic acids is 1. The van der Waals surface area contributed by atoms with Gasteiger partial charge in [-0.2, -0.15) is 0 Å². The van der Waals surface area contributed by atoms with E-state index in [2.05, 4.69) is 0 Å². The van der Waals surface area contributed by atoms with E-state index in [1.165, 1.54) is 12.0 Å². The van der Waals surface area contributed by atoms with E-state index in [0.29, 0.717) is 5.78 Å². The first-order valence-corrected chi connectivity index (χ1v) is 5.90. The molecule has 0 saturated heterocycles. The lowest BCUT2D eigenvalue weighted by Crippen LogP contribution is -2.20. The maximum atomic E-state index is 11.7. The smallest absolute Gasteiger partial charge is 0.136 e. The summed E-state index contributed by atoms with van der Waals surface area (Å²) in [6, 6.07) is 7.83. The molecule has 0 N–H and O–H groups in total. The molecule has 15 heavy (non-hydrogen) atoms. The van der Waals surface area contributed by atoms with E-state index < -0.39 is 0 Å². The van der Waals surface area contributed by atoms with Crippen LogP contribution in [0.4, 0.5) is 0 Å². The molecule has 0 aliphatic heterocycles. The molecule has 1 aliphatic carbocycles. The van der Waals surface area contributed by atoms with E-state index in [9.17, 15) is 4.79 Å². The van der Waals surface area contributed by atoms with Gasteiger partial charge in [-0.25, -0.2) is 0 Å². The largest absolute Gasteiger partial charge is 0.299 e. The summed E-state index contributed by atoms with van der Waals surface area (Å²) in [6.45, 7) is 0. The lowest BCUT2D eigenvalue weighted by atomic mass is 9.84. The van der Waals surface area contributed by atoms with E-state index in [4.69, 9.17) is 11.6 Å². The van der Waals surface area contributed by atoms with Crippen LogP contribution in [0.3, 0.4) is 0 Å². The van der Waals surface area contributed by atoms with Crippen molar-refractivity contribution in [3.63, 3.8) is 0 Å². The predicted octanol–water partition coefficient (Wildman–Crippen LogP) is 3.64. The number of hydrogen-bond acceptors (Lipinski definition) is 1. The monoisotopic (exact) mass is 222 g/mol. The van der Waals surface area contributed by atoms with Crippen LogP contribution in [0.2, 0.25) is 5.02 Å². The zero-order valence-corrected chi connectivity index (χ0v) is 9.46. The first-order chi connectivity index (χ1) is 7.25. The molecular weight excluding hydrogens is 208 g/mol. The number of ketones is 1. The summed E-state index contributed by atoms with van der Waals surface area (Å²) in [5, 5.41) is 0.760. The van der Waals surface area contributed by atoms with Crippen LogP contribution in [0.1, 0.15) is 31.2 Å². The van der Waals surface area contributed by atoms with Gasteiger partial charge in [0.2, 0.25) is 0 Å². The van der Waals surface area contributed by atoms with Crippen molar-refractivity contribution in [2.45, 2.75) is 32.1 Å². The highest BCUT2D eigenvalue weighted by Crippen LogP contribution is 2.24. The topological polar surface area (TPSA) is 17.1 Å². The molecule has 0 aromatic heterocycles. The van der Waals surface area contributed by atoms with Gasteiger partial charge in [-0.15, -0.1) is 0 Å². The minimum atomic E-state index is 0.234. The quantitative estimate of drug-likeness (QED) is 0.747. The Morgan fingerprint density at radius 1 is 1.33 bits per heavy atom. The Bertz CT molecular complexity index is 359. The highest BCUT2D eigenvalue weighted by atomic mass is 35.5. The van der Waals surface area contributed by atoms with Gasteiger partial charge in [-0.1, -0.05) is 30.2 Å². The molecule has 1 saturated carbocycles. The molecule has 1 aliphatic rings. The third-order valence-corrected chi connectivity index (χ3v) is 3.29. The van der Waals surface area contributed by atoms with Crippen LogP contribution in [0.5, 0.6) is 0 Å². The minimum Gasteiger partial charge on any atom is -0.299 e. The Balaban J connectivity index is 2.04. The zero-order valence-electron chi connectivity index (χ0n) is 8.71.